The smallest absolute Gasteiger partial charge is 0.228 e. The average Bonchev–Trinajstić information content (AvgIpc) is 3.00. The Kier molecular flexibility index (Phi) is 3.45. The molecule has 0 radical (unpaired) electrons. The van der Waals surface area contributed by atoms with Crippen LogP contribution in [-0.4, -0.2) is 28.8 Å². The fourth-order valence-electron chi connectivity index (χ4n) is 2.02. The third-order valence-corrected chi connectivity index (χ3v) is 3.01. The number of ether oxygens (including phenoxy) is 1. The van der Waals surface area contributed by atoms with Gasteiger partial charge in [0.1, 0.15) is 11.6 Å². The lowest BCUT2D eigenvalue weighted by atomic mass is 10.1. The summed E-state index contributed by atoms with van der Waals surface area (Å²) in [6.45, 7) is 0.681. The van der Waals surface area contributed by atoms with Crippen LogP contribution in [0.1, 0.15) is 5.89 Å². The second kappa shape index (κ2) is 5.56. The Labute approximate surface area is 115 Å². The minimum atomic E-state index is 0.611. The minimum absolute atomic E-state index is 0.611. The van der Waals surface area contributed by atoms with Gasteiger partial charge in [0.25, 0.3) is 0 Å². The van der Waals surface area contributed by atoms with Crippen molar-refractivity contribution in [2.45, 2.75) is 6.42 Å². The number of methoxy groups -OCH3 is 1. The first-order valence-corrected chi connectivity index (χ1v) is 6.29. The van der Waals surface area contributed by atoms with E-state index in [1.807, 2.05) is 24.3 Å². The van der Waals surface area contributed by atoms with Gasteiger partial charge in [0, 0.05) is 24.5 Å². The molecule has 0 aliphatic carbocycles. The van der Waals surface area contributed by atoms with E-state index in [2.05, 4.69) is 20.4 Å². The lowest BCUT2D eigenvalue weighted by Gasteiger charge is -2.08. The highest BCUT2D eigenvalue weighted by molar-refractivity contribution is 5.92. The van der Waals surface area contributed by atoms with Gasteiger partial charge >= 0.3 is 0 Å². The van der Waals surface area contributed by atoms with E-state index >= 15 is 0 Å². The van der Waals surface area contributed by atoms with Crippen molar-refractivity contribution in [3.8, 4) is 5.75 Å². The number of nitrogens with zero attached hydrogens (tertiary/aromatic N) is 3. The summed E-state index contributed by atoms with van der Waals surface area (Å²) >= 11 is 0. The quantitative estimate of drug-likeness (QED) is 0.766. The summed E-state index contributed by atoms with van der Waals surface area (Å²) in [6, 6.07) is 7.87. The number of aromatic nitrogens is 3. The first kappa shape index (κ1) is 12.4. The molecule has 0 fully saturated rings. The molecule has 0 spiro atoms. The Hall–Kier alpha value is -2.63. The third-order valence-electron chi connectivity index (χ3n) is 3.01. The van der Waals surface area contributed by atoms with Crippen molar-refractivity contribution in [3.05, 3.63) is 42.7 Å². The Morgan fingerprint density at radius 3 is 3.00 bits per heavy atom. The zero-order chi connectivity index (χ0) is 13.8. The van der Waals surface area contributed by atoms with Crippen LogP contribution in [0, 0.1) is 0 Å². The van der Waals surface area contributed by atoms with Crippen molar-refractivity contribution in [2.24, 2.45) is 0 Å². The van der Waals surface area contributed by atoms with Gasteiger partial charge in [-0.25, -0.2) is 4.98 Å². The number of hydrogen-bond donors (Lipinski definition) is 1. The fourth-order valence-corrected chi connectivity index (χ4v) is 2.02. The maximum Gasteiger partial charge on any atom is 0.228 e. The van der Waals surface area contributed by atoms with Gasteiger partial charge in [-0.1, -0.05) is 5.16 Å². The summed E-state index contributed by atoms with van der Waals surface area (Å²) in [5, 5.41) is 8.99. The Morgan fingerprint density at radius 1 is 1.25 bits per heavy atom. The van der Waals surface area contributed by atoms with E-state index in [1.54, 1.807) is 13.3 Å². The molecule has 3 aromatic rings. The molecule has 3 rings (SSSR count). The molecule has 2 heterocycles. The van der Waals surface area contributed by atoms with Crippen molar-refractivity contribution < 1.29 is 9.26 Å². The lowest BCUT2D eigenvalue weighted by Crippen LogP contribution is -2.06. The summed E-state index contributed by atoms with van der Waals surface area (Å²) in [4.78, 5) is 8.34. The first-order chi connectivity index (χ1) is 9.86. The molecule has 0 amide bonds. The predicted octanol–water partition coefficient (Wildman–Crippen LogP) is 2.28. The highest BCUT2D eigenvalue weighted by atomic mass is 16.5. The average molecular weight is 270 g/mol. The standard InChI is InChI=1S/C14H14N4O2/c1-19-11-2-3-12-10(8-11)4-6-15-14(12)16-7-5-13-17-9-18-20-13/h2-4,6,8-9H,5,7H2,1H3,(H,15,16). The molecule has 0 aliphatic rings. The van der Waals surface area contributed by atoms with Gasteiger partial charge in [-0.15, -0.1) is 0 Å². The van der Waals surface area contributed by atoms with Crippen molar-refractivity contribution in [1.82, 2.24) is 15.1 Å². The number of benzene rings is 1. The van der Waals surface area contributed by atoms with Gasteiger partial charge in [-0.05, 0) is 29.7 Å². The van der Waals surface area contributed by atoms with Crippen molar-refractivity contribution in [1.29, 1.82) is 0 Å². The van der Waals surface area contributed by atoms with Gasteiger partial charge in [0.15, 0.2) is 6.33 Å². The van der Waals surface area contributed by atoms with Crippen molar-refractivity contribution >= 4 is 16.6 Å². The molecule has 1 aromatic carbocycles. The monoisotopic (exact) mass is 270 g/mol. The SMILES string of the molecule is COc1ccc2c(NCCc3ncno3)nccc2c1. The van der Waals surface area contributed by atoms with E-state index in [9.17, 15) is 0 Å². The van der Waals surface area contributed by atoms with E-state index < -0.39 is 0 Å². The van der Waals surface area contributed by atoms with Crippen LogP contribution in [0.15, 0.2) is 41.3 Å². The third kappa shape index (κ3) is 2.54. The van der Waals surface area contributed by atoms with Crippen LogP contribution in [0.2, 0.25) is 0 Å². The summed E-state index contributed by atoms with van der Waals surface area (Å²) in [5.74, 6) is 2.28. The molecular weight excluding hydrogens is 256 g/mol. The van der Waals surface area contributed by atoms with Crippen molar-refractivity contribution in [2.75, 3.05) is 19.0 Å². The van der Waals surface area contributed by atoms with Crippen molar-refractivity contribution in [3.63, 3.8) is 0 Å². The normalized spacial score (nSPS) is 10.7. The van der Waals surface area contributed by atoms with Crippen LogP contribution in [0.25, 0.3) is 10.8 Å². The van der Waals surface area contributed by atoms with E-state index in [-0.39, 0.29) is 0 Å². The largest absolute Gasteiger partial charge is 0.497 e. The second-order valence-electron chi connectivity index (χ2n) is 4.26. The molecule has 20 heavy (non-hydrogen) atoms. The van der Waals surface area contributed by atoms with Crippen LogP contribution in [0.3, 0.4) is 0 Å². The van der Waals surface area contributed by atoms with E-state index in [0.29, 0.717) is 18.9 Å². The number of anilines is 1. The summed E-state index contributed by atoms with van der Waals surface area (Å²) in [5.41, 5.74) is 0. The molecule has 6 heteroatoms. The van der Waals surface area contributed by atoms with Gasteiger partial charge in [-0.3, -0.25) is 0 Å². The van der Waals surface area contributed by atoms with Crippen LogP contribution < -0.4 is 10.1 Å². The number of nitrogens with one attached hydrogen (secondary N) is 1. The van der Waals surface area contributed by atoms with Crippen LogP contribution in [0.5, 0.6) is 5.75 Å². The van der Waals surface area contributed by atoms with Crippen LogP contribution in [-0.2, 0) is 6.42 Å². The zero-order valence-electron chi connectivity index (χ0n) is 11.0. The molecule has 0 bridgehead atoms. The molecule has 0 aliphatic heterocycles. The zero-order valence-corrected chi connectivity index (χ0v) is 11.0. The number of fused-ring (bicyclic) bond motifs is 1. The summed E-state index contributed by atoms with van der Waals surface area (Å²) in [7, 11) is 1.66. The maximum absolute atomic E-state index is 5.22. The summed E-state index contributed by atoms with van der Waals surface area (Å²) in [6.07, 6.45) is 3.84. The highest BCUT2D eigenvalue weighted by Crippen LogP contribution is 2.25. The van der Waals surface area contributed by atoms with E-state index in [0.717, 1.165) is 22.3 Å². The number of hydrogen-bond acceptors (Lipinski definition) is 6. The highest BCUT2D eigenvalue weighted by Gasteiger charge is 2.04. The number of pyridine rings is 1. The molecule has 0 saturated heterocycles. The molecule has 102 valence electrons. The van der Waals surface area contributed by atoms with Gasteiger partial charge in [-0.2, -0.15) is 4.98 Å². The topological polar surface area (TPSA) is 73.1 Å². The molecule has 6 nitrogen and oxygen atoms in total. The fraction of sp³-hybridized carbons (Fsp3) is 0.214. The summed E-state index contributed by atoms with van der Waals surface area (Å²) < 4.78 is 10.2. The van der Waals surface area contributed by atoms with Gasteiger partial charge in [0.05, 0.1) is 7.11 Å². The molecule has 0 saturated carbocycles. The maximum atomic E-state index is 5.22. The Balaban J connectivity index is 1.77. The Bertz CT molecular complexity index is 697. The second-order valence-corrected chi connectivity index (χ2v) is 4.26. The van der Waals surface area contributed by atoms with Crippen LogP contribution >= 0.6 is 0 Å². The molecule has 1 N–H and O–H groups in total. The predicted molar refractivity (Wildman–Crippen MR) is 74.8 cm³/mol. The van der Waals surface area contributed by atoms with E-state index in [1.165, 1.54) is 6.33 Å². The lowest BCUT2D eigenvalue weighted by molar-refractivity contribution is 0.380. The molecular formula is C14H14N4O2. The van der Waals surface area contributed by atoms with Gasteiger partial charge < -0.3 is 14.6 Å². The Morgan fingerprint density at radius 2 is 2.20 bits per heavy atom. The molecule has 0 unspecified atom stereocenters. The molecule has 0 atom stereocenters. The van der Waals surface area contributed by atoms with Crippen LogP contribution in [0.4, 0.5) is 5.82 Å². The first-order valence-electron chi connectivity index (χ1n) is 6.29. The van der Waals surface area contributed by atoms with E-state index in [4.69, 9.17) is 9.26 Å². The molecule has 2 aromatic heterocycles. The van der Waals surface area contributed by atoms with Gasteiger partial charge in [0.2, 0.25) is 5.89 Å². The minimum Gasteiger partial charge on any atom is -0.497 e. The number of rotatable bonds is 5.